The molecule has 4 aliphatic rings. The molecule has 0 unspecified atom stereocenters. The normalized spacial score (nSPS) is 21.0. The summed E-state index contributed by atoms with van der Waals surface area (Å²) in [5, 5.41) is 20.5. The number of halogens is 1. The second-order valence-corrected chi connectivity index (χ2v) is 14.8. The molecule has 0 amide bonds. The van der Waals surface area contributed by atoms with Gasteiger partial charge >= 0.3 is 0 Å². The second kappa shape index (κ2) is 11.8. The Hall–Kier alpha value is -4.26. The lowest BCUT2D eigenvalue weighted by Crippen LogP contribution is -2.69. The first kappa shape index (κ1) is 31.7. The lowest BCUT2D eigenvalue weighted by Gasteiger charge is -2.64. The Bertz CT molecular complexity index is 1860. The molecule has 1 atom stereocenters. The van der Waals surface area contributed by atoms with Gasteiger partial charge in [0.25, 0.3) is 5.56 Å². The predicted octanol–water partition coefficient (Wildman–Crippen LogP) is 7.21. The number of nitriles is 1. The Labute approximate surface area is 276 Å². The van der Waals surface area contributed by atoms with E-state index < -0.39 is 6.04 Å². The minimum Gasteiger partial charge on any atom is -0.383 e. The van der Waals surface area contributed by atoms with Crippen LogP contribution in [0.25, 0.3) is 22.6 Å². The quantitative estimate of drug-likeness (QED) is 0.184. The fourth-order valence-corrected chi connectivity index (χ4v) is 6.95. The Morgan fingerprint density at radius 2 is 2.04 bits per heavy atom. The number of allylic oxidation sites excluding steroid dienone is 1. The van der Waals surface area contributed by atoms with Crippen molar-refractivity contribution < 1.29 is 0 Å². The van der Waals surface area contributed by atoms with Crippen molar-refractivity contribution in [3.8, 4) is 6.07 Å². The molecule has 0 saturated heterocycles. The second-order valence-electron chi connectivity index (χ2n) is 14.4. The first-order chi connectivity index (χ1) is 21.8. The van der Waals surface area contributed by atoms with Crippen LogP contribution in [0, 0.1) is 22.7 Å². The van der Waals surface area contributed by atoms with Gasteiger partial charge in [-0.05, 0) is 80.7 Å². The maximum absolute atomic E-state index is 13.6. The minimum atomic E-state index is -0.449. The number of anilines is 2. The molecule has 3 saturated carbocycles. The first-order valence-electron chi connectivity index (χ1n) is 16.0. The van der Waals surface area contributed by atoms with Crippen molar-refractivity contribution >= 4 is 45.5 Å². The number of aromatic nitrogens is 2. The molecule has 3 fully saturated rings. The third-order valence-electron chi connectivity index (χ3n) is 9.31. The maximum Gasteiger partial charge on any atom is 0.258 e. The molecular formula is C36H43ClN8O. The van der Waals surface area contributed by atoms with Crippen LogP contribution in [0.1, 0.15) is 83.5 Å². The van der Waals surface area contributed by atoms with Crippen LogP contribution in [0.4, 0.5) is 11.4 Å². The number of nitrogens with one attached hydrogen (secondary N) is 4. The molecule has 46 heavy (non-hydrogen) atoms. The molecule has 9 nitrogen and oxygen atoms in total. The first-order valence-corrected chi connectivity index (χ1v) is 16.3. The van der Waals surface area contributed by atoms with E-state index in [2.05, 4.69) is 71.2 Å². The summed E-state index contributed by atoms with van der Waals surface area (Å²) in [7, 11) is 0. The summed E-state index contributed by atoms with van der Waals surface area (Å²) in [5.41, 5.74) is 12.3. The van der Waals surface area contributed by atoms with E-state index >= 15 is 0 Å². The van der Waals surface area contributed by atoms with Gasteiger partial charge in [-0.25, -0.2) is 0 Å². The van der Waals surface area contributed by atoms with Crippen LogP contribution in [0.5, 0.6) is 0 Å². The fraction of sp³-hybridized carbons (Fsp3) is 0.417. The van der Waals surface area contributed by atoms with Crippen LogP contribution >= 0.6 is 11.6 Å². The Balaban J connectivity index is 1.44. The highest BCUT2D eigenvalue weighted by Gasteiger charge is 2.60. The third kappa shape index (κ3) is 5.65. The van der Waals surface area contributed by atoms with Crippen LogP contribution in [-0.2, 0) is 0 Å². The number of rotatable bonds is 10. The topological polar surface area (TPSA) is 110 Å². The van der Waals surface area contributed by atoms with E-state index in [1.807, 2.05) is 57.3 Å². The van der Waals surface area contributed by atoms with Gasteiger partial charge in [0.2, 0.25) is 0 Å². The monoisotopic (exact) mass is 638 g/mol. The SMILES string of the molecule is C=C(c1ccn(C(C)C)c(=O)c1/C=C\C)[C@H](Nc1cc(Cl)c2ncc(C#N)c(NCC(C)(C)C)c2c1)C1=CN(C23CC(C2)C3)NN1. The summed E-state index contributed by atoms with van der Waals surface area (Å²) in [5.74, 6) is 0.826. The number of pyridine rings is 2. The van der Waals surface area contributed by atoms with Gasteiger partial charge < -0.3 is 20.6 Å². The summed E-state index contributed by atoms with van der Waals surface area (Å²) < 4.78 is 1.74. The number of hydrogen-bond donors (Lipinski definition) is 4. The molecular weight excluding hydrogens is 596 g/mol. The number of hydrogen-bond acceptors (Lipinski definition) is 8. The molecule has 2 aromatic heterocycles. The van der Waals surface area contributed by atoms with Gasteiger partial charge in [0.05, 0.1) is 39.1 Å². The minimum absolute atomic E-state index is 0.0147. The summed E-state index contributed by atoms with van der Waals surface area (Å²) in [6.07, 6.45) is 12.8. The van der Waals surface area contributed by atoms with E-state index in [0.717, 1.165) is 33.8 Å². The molecule has 240 valence electrons. The molecule has 10 heteroatoms. The van der Waals surface area contributed by atoms with Crippen LogP contribution < -0.4 is 27.2 Å². The van der Waals surface area contributed by atoms with E-state index in [1.165, 1.54) is 19.3 Å². The van der Waals surface area contributed by atoms with Crippen molar-refractivity contribution in [1.82, 2.24) is 25.5 Å². The average molecular weight is 639 g/mol. The molecule has 1 aliphatic heterocycles. The lowest BCUT2D eigenvalue weighted by molar-refractivity contribution is -0.141. The third-order valence-corrected chi connectivity index (χ3v) is 9.60. The average Bonchev–Trinajstić information content (AvgIpc) is 3.42. The van der Waals surface area contributed by atoms with Gasteiger partial charge in [-0.1, -0.05) is 51.1 Å². The molecule has 4 N–H and O–H groups in total. The summed E-state index contributed by atoms with van der Waals surface area (Å²) >= 11 is 6.87. The van der Waals surface area contributed by atoms with Crippen molar-refractivity contribution in [1.29, 1.82) is 5.26 Å². The van der Waals surface area contributed by atoms with Crippen LogP contribution in [-0.4, -0.2) is 32.7 Å². The molecule has 3 aromatic rings. The zero-order valence-electron chi connectivity index (χ0n) is 27.5. The molecule has 0 radical (unpaired) electrons. The highest BCUT2D eigenvalue weighted by Crippen LogP contribution is 2.60. The molecule has 2 bridgehead atoms. The smallest absolute Gasteiger partial charge is 0.258 e. The summed E-state index contributed by atoms with van der Waals surface area (Å²) in [4.78, 5) is 18.2. The summed E-state index contributed by atoms with van der Waals surface area (Å²) in [6.45, 7) is 17.6. The number of fused-ring (bicyclic) bond motifs is 1. The zero-order chi connectivity index (χ0) is 33.0. The van der Waals surface area contributed by atoms with Gasteiger partial charge in [-0.2, -0.15) is 5.26 Å². The van der Waals surface area contributed by atoms with Crippen molar-refractivity contribution in [2.24, 2.45) is 11.3 Å². The van der Waals surface area contributed by atoms with E-state index in [1.54, 1.807) is 10.8 Å². The summed E-state index contributed by atoms with van der Waals surface area (Å²) in [6, 6.07) is 7.65. The molecule has 3 aliphatic carbocycles. The van der Waals surface area contributed by atoms with E-state index in [4.69, 9.17) is 11.6 Å². The number of nitrogens with zero attached hydrogens (tertiary/aromatic N) is 4. The van der Waals surface area contributed by atoms with Gasteiger partial charge in [-0.15, -0.1) is 5.53 Å². The lowest BCUT2D eigenvalue weighted by atomic mass is 9.49. The Morgan fingerprint density at radius 3 is 2.65 bits per heavy atom. The molecule has 3 heterocycles. The Kier molecular flexibility index (Phi) is 8.16. The van der Waals surface area contributed by atoms with E-state index in [-0.39, 0.29) is 22.6 Å². The standard InChI is InChI=1S/C36H43ClN8O/c1-8-9-27-26(10-11-44(21(2)3)34(27)46)22(4)31(30-19-45(43-42-30)36-14-23(15-36)16-36)41-25-12-28-32(40-20-35(5,6)7)24(17-38)18-39-33(28)29(37)13-25/h8-13,18-19,21,23,31,41-43H,4,14-16,20H2,1-3,5-7H3,(H,39,40)/b9-8-/t23?,31-,36?/m0/s1. The molecule has 7 rings (SSSR count). The maximum atomic E-state index is 13.6. The fourth-order valence-electron chi connectivity index (χ4n) is 6.69. The largest absolute Gasteiger partial charge is 0.383 e. The van der Waals surface area contributed by atoms with E-state index in [0.29, 0.717) is 33.9 Å². The van der Waals surface area contributed by atoms with Crippen molar-refractivity contribution in [3.05, 3.63) is 87.2 Å². The number of benzene rings is 1. The number of hydrazine groups is 2. The van der Waals surface area contributed by atoms with Gasteiger partial charge in [0, 0.05) is 47.8 Å². The predicted molar refractivity (Wildman–Crippen MR) is 188 cm³/mol. The van der Waals surface area contributed by atoms with Crippen LogP contribution in [0.3, 0.4) is 0 Å². The van der Waals surface area contributed by atoms with E-state index in [9.17, 15) is 10.1 Å². The van der Waals surface area contributed by atoms with Gasteiger partial charge in [0.15, 0.2) is 0 Å². The Morgan fingerprint density at radius 1 is 1.30 bits per heavy atom. The zero-order valence-corrected chi connectivity index (χ0v) is 28.2. The van der Waals surface area contributed by atoms with Crippen molar-refractivity contribution in [2.75, 3.05) is 17.2 Å². The van der Waals surface area contributed by atoms with Gasteiger partial charge in [-0.3, -0.25) is 14.8 Å². The van der Waals surface area contributed by atoms with Crippen LogP contribution in [0.2, 0.25) is 5.02 Å². The molecule has 1 aromatic carbocycles. The highest BCUT2D eigenvalue weighted by atomic mass is 35.5. The van der Waals surface area contributed by atoms with Crippen LogP contribution in [0.15, 0.2) is 59.9 Å². The van der Waals surface area contributed by atoms with Gasteiger partial charge in [0.1, 0.15) is 6.07 Å². The van der Waals surface area contributed by atoms with Crippen molar-refractivity contribution in [3.63, 3.8) is 0 Å². The van der Waals surface area contributed by atoms with Crippen molar-refractivity contribution in [2.45, 2.75) is 78.4 Å². The molecule has 0 spiro atoms. The highest BCUT2D eigenvalue weighted by molar-refractivity contribution is 6.35.